The van der Waals surface area contributed by atoms with Crippen LogP contribution in [0.1, 0.15) is 49.7 Å². The summed E-state index contributed by atoms with van der Waals surface area (Å²) in [6.45, 7) is 7.55. The summed E-state index contributed by atoms with van der Waals surface area (Å²) < 4.78 is 0. The molecule has 0 atom stereocenters. The summed E-state index contributed by atoms with van der Waals surface area (Å²) >= 11 is 0. The second-order valence-electron chi connectivity index (χ2n) is 6.17. The van der Waals surface area contributed by atoms with Gasteiger partial charge in [0.05, 0.1) is 0 Å². The Morgan fingerprint density at radius 3 is 2.33 bits per heavy atom. The van der Waals surface area contributed by atoms with Gasteiger partial charge in [-0.1, -0.05) is 31.0 Å². The molecule has 1 aromatic rings. The first-order valence-corrected chi connectivity index (χ1v) is 8.25. The first-order chi connectivity index (χ1) is 10.2. The highest BCUT2D eigenvalue weighted by molar-refractivity contribution is 5.92. The maximum atomic E-state index is 12.1. The van der Waals surface area contributed by atoms with Crippen LogP contribution in [0.4, 0.5) is 5.69 Å². The van der Waals surface area contributed by atoms with Gasteiger partial charge in [-0.25, -0.2) is 0 Å². The second kappa shape index (κ2) is 8.18. The molecule has 1 aliphatic rings. The lowest BCUT2D eigenvalue weighted by atomic mass is 10.1. The Balaban J connectivity index is 1.74. The standard InChI is InChI=1S/C18H28N2O/c1-15-9-7-10-16(2)18(15)19-17(21)11-8-14-20-12-5-3-4-6-13-20/h7,9-10H,3-6,8,11-14H2,1-2H3,(H,19,21). The molecule has 0 radical (unpaired) electrons. The van der Waals surface area contributed by atoms with Crippen LogP contribution >= 0.6 is 0 Å². The van der Waals surface area contributed by atoms with Crippen molar-refractivity contribution in [3.63, 3.8) is 0 Å². The van der Waals surface area contributed by atoms with Crippen molar-refractivity contribution in [1.29, 1.82) is 0 Å². The molecule has 2 rings (SSSR count). The third kappa shape index (κ3) is 5.16. The van der Waals surface area contributed by atoms with Crippen molar-refractivity contribution in [2.75, 3.05) is 25.0 Å². The number of aryl methyl sites for hydroxylation is 2. The fraction of sp³-hybridized carbons (Fsp3) is 0.611. The van der Waals surface area contributed by atoms with E-state index in [1.807, 2.05) is 32.0 Å². The van der Waals surface area contributed by atoms with E-state index in [-0.39, 0.29) is 5.91 Å². The highest BCUT2D eigenvalue weighted by atomic mass is 16.1. The van der Waals surface area contributed by atoms with Crippen molar-refractivity contribution in [1.82, 2.24) is 4.90 Å². The van der Waals surface area contributed by atoms with Gasteiger partial charge < -0.3 is 10.2 Å². The lowest BCUT2D eigenvalue weighted by Gasteiger charge is -2.19. The number of likely N-dealkylation sites (tertiary alicyclic amines) is 1. The molecule has 0 spiro atoms. The molecule has 1 N–H and O–H groups in total. The molecule has 1 aliphatic heterocycles. The Kier molecular flexibility index (Phi) is 6.24. The minimum atomic E-state index is 0.141. The zero-order valence-electron chi connectivity index (χ0n) is 13.5. The van der Waals surface area contributed by atoms with Gasteiger partial charge in [0.15, 0.2) is 0 Å². The number of nitrogens with zero attached hydrogens (tertiary/aromatic N) is 1. The number of rotatable bonds is 5. The minimum Gasteiger partial charge on any atom is -0.326 e. The van der Waals surface area contributed by atoms with E-state index in [0.29, 0.717) is 6.42 Å². The van der Waals surface area contributed by atoms with Crippen LogP contribution in [-0.4, -0.2) is 30.4 Å². The van der Waals surface area contributed by atoms with Crippen LogP contribution < -0.4 is 5.32 Å². The Hall–Kier alpha value is -1.35. The van der Waals surface area contributed by atoms with E-state index in [0.717, 1.165) is 29.8 Å². The van der Waals surface area contributed by atoms with E-state index in [4.69, 9.17) is 0 Å². The summed E-state index contributed by atoms with van der Waals surface area (Å²) in [6.07, 6.45) is 6.93. The van der Waals surface area contributed by atoms with Gasteiger partial charge in [0, 0.05) is 12.1 Å². The fourth-order valence-electron chi connectivity index (χ4n) is 3.04. The average Bonchev–Trinajstić information content (AvgIpc) is 2.72. The molecule has 0 unspecified atom stereocenters. The van der Waals surface area contributed by atoms with E-state index in [2.05, 4.69) is 10.2 Å². The van der Waals surface area contributed by atoms with Gasteiger partial charge in [-0.3, -0.25) is 4.79 Å². The summed E-state index contributed by atoms with van der Waals surface area (Å²) in [6, 6.07) is 6.11. The van der Waals surface area contributed by atoms with Gasteiger partial charge in [0.25, 0.3) is 0 Å². The summed E-state index contributed by atoms with van der Waals surface area (Å²) in [4.78, 5) is 14.6. The zero-order chi connectivity index (χ0) is 15.1. The average molecular weight is 288 g/mol. The number of para-hydroxylation sites is 1. The number of carbonyl (C=O) groups excluding carboxylic acids is 1. The number of carbonyl (C=O) groups is 1. The minimum absolute atomic E-state index is 0.141. The number of benzene rings is 1. The molecule has 3 nitrogen and oxygen atoms in total. The van der Waals surface area contributed by atoms with Gasteiger partial charge in [0.2, 0.25) is 5.91 Å². The summed E-state index contributed by atoms with van der Waals surface area (Å²) in [5.74, 6) is 0.141. The van der Waals surface area contributed by atoms with Gasteiger partial charge in [-0.15, -0.1) is 0 Å². The van der Waals surface area contributed by atoms with Crippen LogP contribution in [-0.2, 0) is 4.79 Å². The molecule has 0 bridgehead atoms. The Morgan fingerprint density at radius 1 is 1.10 bits per heavy atom. The van der Waals surface area contributed by atoms with Crippen LogP contribution in [0, 0.1) is 13.8 Å². The Morgan fingerprint density at radius 2 is 1.71 bits per heavy atom. The monoisotopic (exact) mass is 288 g/mol. The summed E-state index contributed by atoms with van der Waals surface area (Å²) in [7, 11) is 0. The van der Waals surface area contributed by atoms with Gasteiger partial charge in [-0.05, 0) is 63.9 Å². The largest absolute Gasteiger partial charge is 0.326 e. The molecule has 0 aliphatic carbocycles. The van der Waals surface area contributed by atoms with Crippen molar-refractivity contribution in [3.05, 3.63) is 29.3 Å². The molecule has 0 aromatic heterocycles. The molecule has 3 heteroatoms. The molecule has 1 amide bonds. The number of nitrogens with one attached hydrogen (secondary N) is 1. The third-order valence-electron chi connectivity index (χ3n) is 4.32. The molecular weight excluding hydrogens is 260 g/mol. The normalized spacial score (nSPS) is 16.5. The lowest BCUT2D eigenvalue weighted by molar-refractivity contribution is -0.116. The highest BCUT2D eigenvalue weighted by Gasteiger charge is 2.10. The van der Waals surface area contributed by atoms with Gasteiger partial charge >= 0.3 is 0 Å². The first kappa shape index (κ1) is 16.0. The fourth-order valence-corrected chi connectivity index (χ4v) is 3.04. The van der Waals surface area contributed by atoms with Crippen LogP contribution in [0.15, 0.2) is 18.2 Å². The van der Waals surface area contributed by atoms with Crippen LogP contribution in [0.3, 0.4) is 0 Å². The van der Waals surface area contributed by atoms with E-state index in [9.17, 15) is 4.79 Å². The second-order valence-corrected chi connectivity index (χ2v) is 6.17. The number of hydrogen-bond acceptors (Lipinski definition) is 2. The van der Waals surface area contributed by atoms with Crippen molar-refractivity contribution < 1.29 is 4.79 Å². The topological polar surface area (TPSA) is 32.3 Å². The van der Waals surface area contributed by atoms with Crippen LogP contribution in [0.2, 0.25) is 0 Å². The maximum Gasteiger partial charge on any atom is 0.224 e. The van der Waals surface area contributed by atoms with Crippen LogP contribution in [0.25, 0.3) is 0 Å². The SMILES string of the molecule is Cc1cccc(C)c1NC(=O)CCCN1CCCCCC1. The predicted molar refractivity (Wildman–Crippen MR) is 88.7 cm³/mol. The molecule has 21 heavy (non-hydrogen) atoms. The molecule has 1 heterocycles. The van der Waals surface area contributed by atoms with Gasteiger partial charge in [0.1, 0.15) is 0 Å². The molecule has 1 saturated heterocycles. The summed E-state index contributed by atoms with van der Waals surface area (Å²) in [5, 5.41) is 3.07. The predicted octanol–water partition coefficient (Wildman–Crippen LogP) is 3.90. The number of anilines is 1. The number of amides is 1. The zero-order valence-corrected chi connectivity index (χ0v) is 13.5. The van der Waals surface area contributed by atoms with Gasteiger partial charge in [-0.2, -0.15) is 0 Å². The van der Waals surface area contributed by atoms with Crippen LogP contribution in [0.5, 0.6) is 0 Å². The molecule has 1 fully saturated rings. The molecule has 1 aromatic carbocycles. The lowest BCUT2D eigenvalue weighted by Crippen LogP contribution is -2.26. The molecule has 0 saturated carbocycles. The van der Waals surface area contributed by atoms with E-state index >= 15 is 0 Å². The van der Waals surface area contributed by atoms with E-state index in [1.54, 1.807) is 0 Å². The van der Waals surface area contributed by atoms with E-state index in [1.165, 1.54) is 38.8 Å². The number of hydrogen-bond donors (Lipinski definition) is 1. The summed E-state index contributed by atoms with van der Waals surface area (Å²) in [5.41, 5.74) is 3.25. The van der Waals surface area contributed by atoms with Crippen molar-refractivity contribution >= 4 is 11.6 Å². The smallest absolute Gasteiger partial charge is 0.224 e. The molecular formula is C18H28N2O. The Labute approximate surface area is 128 Å². The quantitative estimate of drug-likeness (QED) is 0.891. The first-order valence-electron chi connectivity index (χ1n) is 8.25. The Bertz CT molecular complexity index is 442. The highest BCUT2D eigenvalue weighted by Crippen LogP contribution is 2.19. The van der Waals surface area contributed by atoms with Crippen molar-refractivity contribution in [2.45, 2.75) is 52.4 Å². The maximum absolute atomic E-state index is 12.1. The third-order valence-corrected chi connectivity index (χ3v) is 4.32. The van der Waals surface area contributed by atoms with E-state index < -0.39 is 0 Å². The molecule has 116 valence electrons. The van der Waals surface area contributed by atoms with Crippen molar-refractivity contribution in [3.8, 4) is 0 Å². The van der Waals surface area contributed by atoms with Crippen molar-refractivity contribution in [2.24, 2.45) is 0 Å².